The molecule has 0 spiro atoms. The summed E-state index contributed by atoms with van der Waals surface area (Å²) < 4.78 is 0. The molecule has 5 amide bonds. The number of aliphatic carboxylic acids is 1. The van der Waals surface area contributed by atoms with Crippen LogP contribution in [0.4, 0.5) is 0 Å². The van der Waals surface area contributed by atoms with Crippen LogP contribution in [-0.4, -0.2) is 94.4 Å². The number of nitrogens with two attached hydrogens (primary N) is 1. The summed E-state index contributed by atoms with van der Waals surface area (Å²) in [4.78, 5) is 77.8. The summed E-state index contributed by atoms with van der Waals surface area (Å²) in [6.45, 7) is 5.74. The first-order chi connectivity index (χ1) is 20.7. The Morgan fingerprint density at radius 2 is 1.57 bits per heavy atom. The molecule has 242 valence electrons. The van der Waals surface area contributed by atoms with Crippen LogP contribution in [0.5, 0.6) is 0 Å². The second kappa shape index (κ2) is 17.3. The number of hydrogen-bond donors (Lipinski definition) is 8. The van der Waals surface area contributed by atoms with Crippen LogP contribution >= 0.6 is 11.8 Å². The fraction of sp³-hybridized carbons (Fsp3) is 0.517. The zero-order chi connectivity index (χ0) is 33.0. The van der Waals surface area contributed by atoms with E-state index in [0.29, 0.717) is 5.75 Å². The van der Waals surface area contributed by atoms with E-state index < -0.39 is 72.3 Å². The lowest BCUT2D eigenvalue weighted by Crippen LogP contribution is -2.58. The third-order valence-corrected chi connectivity index (χ3v) is 7.51. The zero-order valence-electron chi connectivity index (χ0n) is 25.6. The maximum absolute atomic E-state index is 13.1. The molecule has 1 aromatic heterocycles. The Bertz CT molecular complexity index is 1330. The molecule has 0 saturated heterocycles. The number of fused-ring (bicyclic) bond motifs is 1. The molecule has 2 aromatic rings. The molecule has 2 rings (SSSR count). The molecule has 0 aliphatic rings. The molecule has 14 nitrogen and oxygen atoms in total. The van der Waals surface area contributed by atoms with Crippen LogP contribution in [0.1, 0.15) is 39.7 Å². The molecule has 44 heavy (non-hydrogen) atoms. The molecule has 0 radical (unpaired) electrons. The molecule has 0 aliphatic heterocycles. The SMILES string of the molecule is CSCC[C@H](NC(=O)[C@H](C)NC(=O)[C@@H](NC(=O)[C@@H](N)Cc1c[nH]c2ccccc12)C(C)C)C(=O)NCC(=O)N[C@@H](C)C(=O)O. The van der Waals surface area contributed by atoms with Gasteiger partial charge in [-0.2, -0.15) is 11.8 Å². The van der Waals surface area contributed by atoms with Gasteiger partial charge in [0.15, 0.2) is 0 Å². The Morgan fingerprint density at radius 1 is 0.886 bits per heavy atom. The second-order valence-electron chi connectivity index (χ2n) is 10.8. The first-order valence-electron chi connectivity index (χ1n) is 14.3. The molecular formula is C29H43N7O7S. The Morgan fingerprint density at radius 3 is 2.20 bits per heavy atom. The number of para-hydroxylation sites is 1. The number of carboxylic acids is 1. The summed E-state index contributed by atoms with van der Waals surface area (Å²) in [5.41, 5.74) is 7.98. The topological polar surface area (TPSA) is 225 Å². The molecule has 9 N–H and O–H groups in total. The lowest BCUT2D eigenvalue weighted by atomic mass is 10.0. The second-order valence-corrected chi connectivity index (χ2v) is 11.8. The van der Waals surface area contributed by atoms with Crippen LogP contribution in [0.15, 0.2) is 30.5 Å². The van der Waals surface area contributed by atoms with Gasteiger partial charge in [0, 0.05) is 17.1 Å². The highest BCUT2D eigenvalue weighted by atomic mass is 32.2. The summed E-state index contributed by atoms with van der Waals surface area (Å²) in [5.74, 6) is -4.13. The average molecular weight is 634 g/mol. The number of aromatic nitrogens is 1. The van der Waals surface area contributed by atoms with E-state index in [1.807, 2.05) is 30.5 Å². The normalized spacial score (nSPS) is 14.5. The predicted molar refractivity (Wildman–Crippen MR) is 168 cm³/mol. The van der Waals surface area contributed by atoms with Crippen molar-refractivity contribution in [3.8, 4) is 0 Å². The van der Waals surface area contributed by atoms with Gasteiger partial charge in [-0.1, -0.05) is 32.0 Å². The van der Waals surface area contributed by atoms with Crippen LogP contribution in [0, 0.1) is 5.92 Å². The van der Waals surface area contributed by atoms with E-state index in [0.717, 1.165) is 16.5 Å². The molecule has 0 fully saturated rings. The number of aromatic amines is 1. The van der Waals surface area contributed by atoms with Crippen LogP contribution in [-0.2, 0) is 35.2 Å². The standard InChI is InChI=1S/C29H43N7O7S/c1-15(2)24(36-26(39)20(30)12-18-13-31-21-9-7-6-8-19(18)21)28(41)34-16(3)25(38)35-22(10-11-44-5)27(40)32-14-23(37)33-17(4)29(42)43/h6-9,13,15-17,20,22,24,31H,10-12,14,30H2,1-5H3,(H,32,40)(H,33,37)(H,34,41)(H,35,38)(H,36,39)(H,42,43)/t16-,17-,20-,22-,24-/m0/s1. The minimum atomic E-state index is -1.22. The van der Waals surface area contributed by atoms with Gasteiger partial charge in [0.05, 0.1) is 12.6 Å². The molecule has 1 heterocycles. The lowest BCUT2D eigenvalue weighted by Gasteiger charge is -2.26. The lowest BCUT2D eigenvalue weighted by molar-refractivity contribution is -0.141. The van der Waals surface area contributed by atoms with Gasteiger partial charge in [0.25, 0.3) is 0 Å². The fourth-order valence-corrected chi connectivity index (χ4v) is 4.71. The van der Waals surface area contributed by atoms with Gasteiger partial charge in [0.1, 0.15) is 24.2 Å². The Labute approximate surface area is 260 Å². The smallest absolute Gasteiger partial charge is 0.325 e. The molecule has 0 aliphatic carbocycles. The molecule has 0 bridgehead atoms. The molecule has 5 atom stereocenters. The maximum atomic E-state index is 13.1. The van der Waals surface area contributed by atoms with Crippen molar-refractivity contribution >= 4 is 58.2 Å². The van der Waals surface area contributed by atoms with Gasteiger partial charge >= 0.3 is 5.97 Å². The average Bonchev–Trinajstić information content (AvgIpc) is 3.38. The van der Waals surface area contributed by atoms with Crippen molar-refractivity contribution < 1.29 is 33.9 Å². The van der Waals surface area contributed by atoms with Crippen molar-refractivity contribution in [3.63, 3.8) is 0 Å². The van der Waals surface area contributed by atoms with Crippen molar-refractivity contribution in [1.29, 1.82) is 0 Å². The van der Waals surface area contributed by atoms with E-state index in [9.17, 15) is 28.8 Å². The minimum absolute atomic E-state index is 0.242. The van der Waals surface area contributed by atoms with Crippen LogP contribution in [0.25, 0.3) is 10.9 Å². The van der Waals surface area contributed by atoms with Gasteiger partial charge in [-0.05, 0) is 56.2 Å². The molecule has 0 unspecified atom stereocenters. The highest BCUT2D eigenvalue weighted by Gasteiger charge is 2.30. The number of benzene rings is 1. The number of nitrogens with one attached hydrogen (secondary N) is 6. The fourth-order valence-electron chi connectivity index (χ4n) is 4.24. The highest BCUT2D eigenvalue weighted by molar-refractivity contribution is 7.98. The van der Waals surface area contributed by atoms with Crippen molar-refractivity contribution in [1.82, 2.24) is 31.6 Å². The zero-order valence-corrected chi connectivity index (χ0v) is 26.4. The monoisotopic (exact) mass is 633 g/mol. The summed E-state index contributed by atoms with van der Waals surface area (Å²) >= 11 is 1.45. The van der Waals surface area contributed by atoms with Gasteiger partial charge in [-0.3, -0.25) is 28.8 Å². The predicted octanol–water partition coefficient (Wildman–Crippen LogP) is -0.373. The van der Waals surface area contributed by atoms with Crippen LogP contribution in [0.2, 0.25) is 0 Å². The Kier molecular flexibility index (Phi) is 14.1. The largest absolute Gasteiger partial charge is 0.480 e. The number of hydrogen-bond acceptors (Lipinski definition) is 8. The Hall–Kier alpha value is -4.11. The summed E-state index contributed by atoms with van der Waals surface area (Å²) in [7, 11) is 0. The van der Waals surface area contributed by atoms with Crippen LogP contribution < -0.4 is 32.3 Å². The number of H-pyrrole nitrogens is 1. The van der Waals surface area contributed by atoms with Crippen molar-refractivity contribution in [2.75, 3.05) is 18.6 Å². The molecular weight excluding hydrogens is 590 g/mol. The van der Waals surface area contributed by atoms with Gasteiger partial charge in [0.2, 0.25) is 29.5 Å². The maximum Gasteiger partial charge on any atom is 0.325 e. The summed E-state index contributed by atoms with van der Waals surface area (Å²) in [6.07, 6.45) is 4.12. The minimum Gasteiger partial charge on any atom is -0.480 e. The molecule has 1 aromatic carbocycles. The highest BCUT2D eigenvalue weighted by Crippen LogP contribution is 2.19. The third-order valence-electron chi connectivity index (χ3n) is 6.87. The number of carboxylic acid groups (broad SMARTS) is 1. The quantitative estimate of drug-likeness (QED) is 0.114. The number of thioether (sulfide) groups is 1. The van der Waals surface area contributed by atoms with E-state index in [-0.39, 0.29) is 18.8 Å². The van der Waals surface area contributed by atoms with E-state index in [4.69, 9.17) is 10.8 Å². The number of rotatable bonds is 17. The van der Waals surface area contributed by atoms with Gasteiger partial charge < -0.3 is 42.4 Å². The van der Waals surface area contributed by atoms with E-state index >= 15 is 0 Å². The summed E-state index contributed by atoms with van der Waals surface area (Å²) in [6, 6.07) is 2.53. The summed E-state index contributed by atoms with van der Waals surface area (Å²) in [5, 5.41) is 22.4. The van der Waals surface area contributed by atoms with Gasteiger partial charge in [-0.15, -0.1) is 0 Å². The first-order valence-corrected chi connectivity index (χ1v) is 15.6. The van der Waals surface area contributed by atoms with Crippen molar-refractivity contribution in [2.45, 2.75) is 70.7 Å². The first kappa shape index (κ1) is 36.1. The van der Waals surface area contributed by atoms with Crippen molar-refractivity contribution in [2.24, 2.45) is 11.7 Å². The number of amides is 5. The van der Waals surface area contributed by atoms with E-state index in [1.165, 1.54) is 25.6 Å². The number of carbonyl (C=O) groups is 6. The molecule has 0 saturated carbocycles. The van der Waals surface area contributed by atoms with E-state index in [2.05, 4.69) is 31.6 Å². The van der Waals surface area contributed by atoms with E-state index in [1.54, 1.807) is 20.0 Å². The molecule has 15 heteroatoms. The van der Waals surface area contributed by atoms with Crippen LogP contribution in [0.3, 0.4) is 0 Å². The van der Waals surface area contributed by atoms with Crippen molar-refractivity contribution in [3.05, 3.63) is 36.0 Å². The number of carbonyl (C=O) groups excluding carboxylic acids is 5. The Balaban J connectivity index is 1.96. The van der Waals surface area contributed by atoms with Gasteiger partial charge in [-0.25, -0.2) is 0 Å². The third kappa shape index (κ3) is 10.9.